The third-order valence-corrected chi connectivity index (χ3v) is 5.58. The number of carbonyl (C=O) groups is 1. The summed E-state index contributed by atoms with van der Waals surface area (Å²) in [6.45, 7) is 8.29. The maximum absolute atomic E-state index is 12.3. The number of nitrogens with zero attached hydrogens (tertiary/aromatic N) is 1. The number of rotatable bonds is 1. The topological polar surface area (TPSA) is 20.3 Å². The van der Waals surface area contributed by atoms with E-state index >= 15 is 0 Å². The van der Waals surface area contributed by atoms with E-state index in [1.807, 2.05) is 4.90 Å². The summed E-state index contributed by atoms with van der Waals surface area (Å²) in [6, 6.07) is 17.1. The molecule has 2 aromatic rings. The molecule has 0 saturated carbocycles. The Morgan fingerprint density at radius 2 is 1.74 bits per heavy atom. The third-order valence-electron chi connectivity index (χ3n) is 4.91. The van der Waals surface area contributed by atoms with Crippen molar-refractivity contribution >= 4 is 34.2 Å². The molecule has 1 atom stereocenters. The van der Waals surface area contributed by atoms with Crippen LogP contribution < -0.4 is 4.90 Å². The van der Waals surface area contributed by atoms with Crippen LogP contribution in [0, 0.1) is 3.57 Å². The number of hydrogen-bond acceptors (Lipinski definition) is 1. The van der Waals surface area contributed by atoms with Crippen molar-refractivity contribution in [2.24, 2.45) is 0 Å². The van der Waals surface area contributed by atoms with Gasteiger partial charge >= 0.3 is 0 Å². The normalized spacial score (nSPS) is 22.6. The van der Waals surface area contributed by atoms with Crippen molar-refractivity contribution in [1.82, 2.24) is 0 Å². The molecule has 1 aliphatic heterocycles. The molecule has 0 aliphatic carbocycles. The first-order valence-electron chi connectivity index (χ1n) is 7.92. The van der Waals surface area contributed by atoms with E-state index in [4.69, 9.17) is 0 Å². The van der Waals surface area contributed by atoms with Gasteiger partial charge in [-0.1, -0.05) is 37.3 Å². The first kappa shape index (κ1) is 16.5. The molecule has 0 spiro atoms. The highest BCUT2D eigenvalue weighted by Gasteiger charge is 2.46. The molecule has 0 saturated heterocycles. The zero-order valence-corrected chi connectivity index (χ0v) is 16.2. The zero-order chi connectivity index (χ0) is 16.8. The molecule has 2 nitrogen and oxygen atoms in total. The van der Waals surface area contributed by atoms with Crippen LogP contribution in [0.5, 0.6) is 0 Å². The molecular formula is C20H22INO. The summed E-state index contributed by atoms with van der Waals surface area (Å²) in [4.78, 5) is 14.3. The predicted molar refractivity (Wildman–Crippen MR) is 104 cm³/mol. The van der Waals surface area contributed by atoms with Gasteiger partial charge < -0.3 is 4.90 Å². The van der Waals surface area contributed by atoms with E-state index in [-0.39, 0.29) is 16.9 Å². The smallest absolute Gasteiger partial charge is 0.224 e. The Labute approximate surface area is 152 Å². The van der Waals surface area contributed by atoms with Gasteiger partial charge in [-0.05, 0) is 72.2 Å². The van der Waals surface area contributed by atoms with E-state index < -0.39 is 0 Å². The molecule has 3 rings (SSSR count). The predicted octanol–water partition coefficient (Wildman–Crippen LogP) is 5.13. The Morgan fingerprint density at radius 3 is 2.35 bits per heavy atom. The number of fused-ring (bicyclic) bond motifs is 1. The maximum atomic E-state index is 12.3. The lowest BCUT2D eigenvalue weighted by molar-refractivity contribution is -0.117. The number of anilines is 1. The minimum atomic E-state index is -0.226. The van der Waals surface area contributed by atoms with Crippen LogP contribution in [0.1, 0.15) is 45.2 Å². The van der Waals surface area contributed by atoms with Gasteiger partial charge in [0, 0.05) is 27.1 Å². The summed E-state index contributed by atoms with van der Waals surface area (Å²) in [7, 11) is 0. The zero-order valence-electron chi connectivity index (χ0n) is 14.1. The highest BCUT2D eigenvalue weighted by atomic mass is 127. The number of carbonyl (C=O) groups excluding carboxylic acids is 1. The van der Waals surface area contributed by atoms with E-state index in [1.165, 1.54) is 14.7 Å². The van der Waals surface area contributed by atoms with Crippen LogP contribution in [-0.4, -0.2) is 11.4 Å². The number of amides is 1. The van der Waals surface area contributed by atoms with Crippen molar-refractivity contribution in [3.63, 3.8) is 0 Å². The molecule has 0 N–H and O–H groups in total. The lowest BCUT2D eigenvalue weighted by Crippen LogP contribution is -2.55. The van der Waals surface area contributed by atoms with E-state index in [0.717, 1.165) is 12.1 Å². The van der Waals surface area contributed by atoms with Crippen LogP contribution >= 0.6 is 22.6 Å². The van der Waals surface area contributed by atoms with Crippen LogP contribution in [0.3, 0.4) is 0 Å². The van der Waals surface area contributed by atoms with Gasteiger partial charge in [-0.25, -0.2) is 0 Å². The van der Waals surface area contributed by atoms with E-state index in [2.05, 4.69) is 91.9 Å². The van der Waals surface area contributed by atoms with Crippen molar-refractivity contribution in [2.75, 3.05) is 4.90 Å². The van der Waals surface area contributed by atoms with Crippen molar-refractivity contribution in [2.45, 2.75) is 45.1 Å². The van der Waals surface area contributed by atoms with Crippen LogP contribution in [0.2, 0.25) is 0 Å². The van der Waals surface area contributed by atoms with Gasteiger partial charge in [0.15, 0.2) is 0 Å². The molecule has 0 fully saturated rings. The van der Waals surface area contributed by atoms with Gasteiger partial charge in [-0.2, -0.15) is 0 Å². The van der Waals surface area contributed by atoms with Crippen molar-refractivity contribution < 1.29 is 4.79 Å². The average Bonchev–Trinajstić information content (AvgIpc) is 2.48. The second kappa shape index (κ2) is 5.62. The Balaban J connectivity index is 2.30. The fourth-order valence-corrected chi connectivity index (χ4v) is 4.66. The van der Waals surface area contributed by atoms with Gasteiger partial charge in [-0.3, -0.25) is 4.79 Å². The summed E-state index contributed by atoms with van der Waals surface area (Å²) in [5, 5.41) is 0. The Morgan fingerprint density at radius 1 is 1.09 bits per heavy atom. The highest BCUT2D eigenvalue weighted by Crippen LogP contribution is 2.50. The molecule has 2 aromatic carbocycles. The summed E-state index contributed by atoms with van der Waals surface area (Å²) in [5.41, 5.74) is 3.26. The summed E-state index contributed by atoms with van der Waals surface area (Å²) < 4.78 is 1.20. The van der Waals surface area contributed by atoms with Crippen LogP contribution in [0.15, 0.2) is 48.5 Å². The van der Waals surface area contributed by atoms with Crippen LogP contribution in [0.4, 0.5) is 5.69 Å². The molecule has 0 radical (unpaired) electrons. The quantitative estimate of drug-likeness (QED) is 0.587. The molecule has 1 amide bonds. The lowest BCUT2D eigenvalue weighted by atomic mass is 9.65. The van der Waals surface area contributed by atoms with E-state index in [0.29, 0.717) is 0 Å². The fourth-order valence-electron chi connectivity index (χ4n) is 4.17. The molecule has 0 bridgehead atoms. The lowest BCUT2D eigenvalue weighted by Gasteiger charge is -2.51. The molecule has 1 heterocycles. The van der Waals surface area contributed by atoms with Gasteiger partial charge in [0.1, 0.15) is 0 Å². The van der Waals surface area contributed by atoms with Crippen molar-refractivity contribution in [3.8, 4) is 0 Å². The van der Waals surface area contributed by atoms with Gasteiger partial charge in [0.2, 0.25) is 5.91 Å². The molecule has 0 aromatic heterocycles. The van der Waals surface area contributed by atoms with Gasteiger partial charge in [0.25, 0.3) is 0 Å². The summed E-state index contributed by atoms with van der Waals surface area (Å²) in [6.07, 6.45) is 0.899. The Kier molecular flexibility index (Phi) is 4.03. The van der Waals surface area contributed by atoms with Crippen LogP contribution in [0.25, 0.3) is 0 Å². The SMILES string of the molecule is CC(=O)N1c2ccc(I)cc2C(C)(c2ccccc2)CC1(C)C. The molecule has 3 heteroatoms. The molecule has 1 aliphatic rings. The highest BCUT2D eigenvalue weighted by molar-refractivity contribution is 14.1. The first-order valence-corrected chi connectivity index (χ1v) is 9.00. The average molecular weight is 419 g/mol. The maximum Gasteiger partial charge on any atom is 0.224 e. The molecule has 23 heavy (non-hydrogen) atoms. The number of benzene rings is 2. The fraction of sp³-hybridized carbons (Fsp3) is 0.350. The monoisotopic (exact) mass is 419 g/mol. The molecule has 120 valence electrons. The minimum absolute atomic E-state index is 0.104. The molecule has 1 unspecified atom stereocenters. The first-order chi connectivity index (χ1) is 10.8. The van der Waals surface area contributed by atoms with Gasteiger partial charge in [0.05, 0.1) is 0 Å². The largest absolute Gasteiger partial charge is 0.307 e. The summed E-state index contributed by atoms with van der Waals surface area (Å²) >= 11 is 2.35. The summed E-state index contributed by atoms with van der Waals surface area (Å²) in [5.74, 6) is 0.104. The number of hydrogen-bond donors (Lipinski definition) is 0. The molecular weight excluding hydrogens is 397 g/mol. The van der Waals surface area contributed by atoms with E-state index in [1.54, 1.807) is 6.92 Å². The third kappa shape index (κ3) is 2.69. The second-order valence-electron chi connectivity index (χ2n) is 7.20. The minimum Gasteiger partial charge on any atom is -0.307 e. The van der Waals surface area contributed by atoms with Gasteiger partial charge in [-0.15, -0.1) is 0 Å². The van der Waals surface area contributed by atoms with Crippen molar-refractivity contribution in [1.29, 1.82) is 0 Å². The number of halogens is 1. The van der Waals surface area contributed by atoms with Crippen LogP contribution in [-0.2, 0) is 10.2 Å². The van der Waals surface area contributed by atoms with Crippen molar-refractivity contribution in [3.05, 3.63) is 63.2 Å². The standard InChI is InChI=1S/C20H22INO/c1-14(23)22-18-11-10-16(21)12-17(18)20(4,13-19(22,2)3)15-8-6-5-7-9-15/h5-12H,13H2,1-4H3. The Bertz CT molecular complexity index is 753. The Hall–Kier alpha value is -1.36. The second-order valence-corrected chi connectivity index (χ2v) is 8.45. The van der Waals surface area contributed by atoms with E-state index in [9.17, 15) is 4.79 Å².